The van der Waals surface area contributed by atoms with Crippen LogP contribution in [0.1, 0.15) is 43.9 Å². The van der Waals surface area contributed by atoms with Gasteiger partial charge in [0.15, 0.2) is 0 Å². The Morgan fingerprint density at radius 3 is 2.85 bits per heavy atom. The predicted octanol–water partition coefficient (Wildman–Crippen LogP) is 3.78. The lowest BCUT2D eigenvalue weighted by atomic mass is 9.93. The van der Waals surface area contributed by atoms with E-state index < -0.39 is 0 Å². The highest BCUT2D eigenvalue weighted by atomic mass is 32.1. The largest absolute Gasteiger partial charge is 0.317 e. The van der Waals surface area contributed by atoms with Gasteiger partial charge in [0.2, 0.25) is 0 Å². The van der Waals surface area contributed by atoms with E-state index in [0.717, 1.165) is 5.92 Å². The van der Waals surface area contributed by atoms with Gasteiger partial charge >= 0.3 is 0 Å². The number of hydrogen-bond donors (Lipinski definition) is 1. The summed E-state index contributed by atoms with van der Waals surface area (Å²) in [5, 5.41) is 5.74. The Morgan fingerprint density at radius 2 is 2.15 bits per heavy atom. The van der Waals surface area contributed by atoms with Crippen molar-refractivity contribution in [1.29, 1.82) is 0 Å². The van der Waals surface area contributed by atoms with Gasteiger partial charge in [-0.1, -0.05) is 25.3 Å². The molecule has 3 unspecified atom stereocenters. The first-order valence-electron chi connectivity index (χ1n) is 8.10. The molecule has 2 nitrogen and oxygen atoms in total. The Morgan fingerprint density at radius 1 is 1.35 bits per heavy atom. The van der Waals surface area contributed by atoms with Gasteiger partial charge in [0.1, 0.15) is 0 Å². The maximum absolute atomic E-state index is 3.56. The van der Waals surface area contributed by atoms with Crippen LogP contribution in [0.5, 0.6) is 0 Å². The molecule has 1 aromatic rings. The molecular formula is C17H30N2S. The Kier molecular flexibility index (Phi) is 6.53. The molecular weight excluding hydrogens is 264 g/mol. The van der Waals surface area contributed by atoms with Gasteiger partial charge in [-0.2, -0.15) is 0 Å². The molecule has 1 N–H and O–H groups in total. The quantitative estimate of drug-likeness (QED) is 0.803. The first-order chi connectivity index (χ1) is 9.70. The molecule has 0 saturated heterocycles. The van der Waals surface area contributed by atoms with Crippen molar-refractivity contribution in [2.45, 2.75) is 57.5 Å². The van der Waals surface area contributed by atoms with E-state index >= 15 is 0 Å². The third-order valence-corrected chi connectivity index (χ3v) is 5.78. The van der Waals surface area contributed by atoms with Gasteiger partial charge in [0.25, 0.3) is 0 Å². The van der Waals surface area contributed by atoms with Crippen LogP contribution in [0.2, 0.25) is 0 Å². The van der Waals surface area contributed by atoms with Gasteiger partial charge in [0, 0.05) is 23.5 Å². The minimum atomic E-state index is 0.634. The van der Waals surface area contributed by atoms with Gasteiger partial charge in [-0.25, -0.2) is 0 Å². The van der Waals surface area contributed by atoms with Crippen LogP contribution in [0.4, 0.5) is 0 Å². The van der Waals surface area contributed by atoms with Crippen molar-refractivity contribution >= 4 is 11.3 Å². The summed E-state index contributed by atoms with van der Waals surface area (Å²) in [6, 6.07) is 5.77. The van der Waals surface area contributed by atoms with Crippen molar-refractivity contribution in [3.8, 4) is 0 Å². The molecule has 0 aliphatic heterocycles. The minimum Gasteiger partial charge on any atom is -0.317 e. The van der Waals surface area contributed by atoms with Crippen LogP contribution < -0.4 is 5.32 Å². The van der Waals surface area contributed by atoms with Crippen LogP contribution >= 0.6 is 11.3 Å². The molecule has 1 aliphatic carbocycles. The highest BCUT2D eigenvalue weighted by molar-refractivity contribution is 7.09. The van der Waals surface area contributed by atoms with Gasteiger partial charge in [-0.3, -0.25) is 0 Å². The lowest BCUT2D eigenvalue weighted by molar-refractivity contribution is 0.187. The number of nitrogens with one attached hydrogen (secondary N) is 1. The van der Waals surface area contributed by atoms with E-state index in [4.69, 9.17) is 0 Å². The number of likely N-dealkylation sites (N-methyl/N-ethyl adjacent to an activating group) is 1. The standard InChI is InChI=1S/C17H30N2S/c1-14(12-16-9-7-11-20-16)19(3)13-15-8-5-4-6-10-17(15)18-2/h7,9,11,14-15,17-18H,4-6,8,10,12-13H2,1-3H3. The molecule has 2 rings (SSSR count). The van der Waals surface area contributed by atoms with Crippen molar-refractivity contribution < 1.29 is 0 Å². The number of hydrogen-bond acceptors (Lipinski definition) is 3. The first kappa shape index (κ1) is 16.0. The highest BCUT2D eigenvalue weighted by Crippen LogP contribution is 2.25. The van der Waals surface area contributed by atoms with Crippen molar-refractivity contribution in [2.75, 3.05) is 20.6 Å². The van der Waals surface area contributed by atoms with Gasteiger partial charge in [-0.15, -0.1) is 11.3 Å². The third kappa shape index (κ3) is 4.57. The number of thiophene rings is 1. The summed E-state index contributed by atoms with van der Waals surface area (Å²) in [6.45, 7) is 3.60. The van der Waals surface area contributed by atoms with E-state index in [9.17, 15) is 0 Å². The molecule has 0 amide bonds. The number of rotatable bonds is 6. The monoisotopic (exact) mass is 294 g/mol. The summed E-state index contributed by atoms with van der Waals surface area (Å²) in [4.78, 5) is 4.08. The normalized spacial score (nSPS) is 25.6. The Labute approximate surface area is 128 Å². The fraction of sp³-hybridized carbons (Fsp3) is 0.765. The van der Waals surface area contributed by atoms with Crippen LogP contribution in [0.3, 0.4) is 0 Å². The molecule has 0 spiro atoms. The van der Waals surface area contributed by atoms with Crippen molar-refractivity contribution in [2.24, 2.45) is 5.92 Å². The summed E-state index contributed by atoms with van der Waals surface area (Å²) < 4.78 is 0. The average molecular weight is 295 g/mol. The van der Waals surface area contributed by atoms with Crippen LogP contribution in [-0.2, 0) is 6.42 Å². The third-order valence-electron chi connectivity index (χ3n) is 4.88. The second-order valence-corrected chi connectivity index (χ2v) is 7.40. The van der Waals surface area contributed by atoms with Crippen molar-refractivity contribution in [3.63, 3.8) is 0 Å². The van der Waals surface area contributed by atoms with Gasteiger partial charge < -0.3 is 10.2 Å². The molecule has 0 bridgehead atoms. The molecule has 114 valence electrons. The summed E-state index contributed by atoms with van der Waals surface area (Å²) in [7, 11) is 4.44. The molecule has 3 atom stereocenters. The summed E-state index contributed by atoms with van der Waals surface area (Å²) >= 11 is 1.88. The van der Waals surface area contributed by atoms with Crippen LogP contribution in [0, 0.1) is 5.92 Å². The van der Waals surface area contributed by atoms with Gasteiger partial charge in [-0.05, 0) is 57.6 Å². The number of nitrogens with zero attached hydrogens (tertiary/aromatic N) is 1. The van der Waals surface area contributed by atoms with Crippen molar-refractivity contribution in [1.82, 2.24) is 10.2 Å². The smallest absolute Gasteiger partial charge is 0.0112 e. The molecule has 1 aromatic heterocycles. The second kappa shape index (κ2) is 8.16. The topological polar surface area (TPSA) is 15.3 Å². The first-order valence-corrected chi connectivity index (χ1v) is 8.98. The Bertz CT molecular complexity index is 363. The Hall–Kier alpha value is -0.380. The zero-order valence-corrected chi connectivity index (χ0v) is 14.1. The summed E-state index contributed by atoms with van der Waals surface area (Å²) in [5.74, 6) is 0.818. The van der Waals surface area contributed by atoms with E-state index in [1.807, 2.05) is 11.3 Å². The van der Waals surface area contributed by atoms with E-state index in [1.54, 1.807) is 0 Å². The van der Waals surface area contributed by atoms with Crippen LogP contribution in [0.15, 0.2) is 17.5 Å². The molecule has 1 heterocycles. The highest BCUT2D eigenvalue weighted by Gasteiger charge is 2.24. The molecule has 0 radical (unpaired) electrons. The maximum Gasteiger partial charge on any atom is 0.0112 e. The molecule has 1 aliphatic rings. The maximum atomic E-state index is 3.56. The average Bonchev–Trinajstić information content (AvgIpc) is 2.84. The summed E-state index contributed by atoms with van der Waals surface area (Å²) in [6.07, 6.45) is 8.16. The fourth-order valence-electron chi connectivity index (χ4n) is 3.41. The lowest BCUT2D eigenvalue weighted by Crippen LogP contribution is -2.42. The zero-order valence-electron chi connectivity index (χ0n) is 13.3. The van der Waals surface area contributed by atoms with Crippen LogP contribution in [-0.4, -0.2) is 37.6 Å². The van der Waals surface area contributed by atoms with E-state index in [-0.39, 0.29) is 0 Å². The van der Waals surface area contributed by atoms with E-state index in [1.165, 1.54) is 49.9 Å². The van der Waals surface area contributed by atoms with Crippen LogP contribution in [0.25, 0.3) is 0 Å². The molecule has 20 heavy (non-hydrogen) atoms. The molecule has 0 aromatic carbocycles. The van der Waals surface area contributed by atoms with Crippen molar-refractivity contribution in [3.05, 3.63) is 22.4 Å². The Balaban J connectivity index is 1.86. The predicted molar refractivity (Wildman–Crippen MR) is 89.5 cm³/mol. The molecule has 3 heteroatoms. The van der Waals surface area contributed by atoms with E-state index in [2.05, 4.69) is 48.7 Å². The SMILES string of the molecule is CNC1CCCCCC1CN(C)C(C)Cc1cccs1. The zero-order chi connectivity index (χ0) is 14.4. The minimum absolute atomic E-state index is 0.634. The van der Waals surface area contributed by atoms with E-state index in [0.29, 0.717) is 12.1 Å². The van der Waals surface area contributed by atoms with Gasteiger partial charge in [0.05, 0.1) is 0 Å². The molecule has 1 fully saturated rings. The fourth-order valence-corrected chi connectivity index (χ4v) is 4.24. The lowest BCUT2D eigenvalue weighted by Gasteiger charge is -2.32. The summed E-state index contributed by atoms with van der Waals surface area (Å²) in [5.41, 5.74) is 0. The molecule has 1 saturated carbocycles. The second-order valence-electron chi connectivity index (χ2n) is 6.37.